The summed E-state index contributed by atoms with van der Waals surface area (Å²) in [5, 5.41) is 199. The van der Waals surface area contributed by atoms with Gasteiger partial charge >= 0.3 is 11.9 Å². The first kappa shape index (κ1) is 89.3. The van der Waals surface area contributed by atoms with Gasteiger partial charge in [0.25, 0.3) is 11.8 Å². The number of rotatable bonds is 17. The number of amides is 2. The maximum Gasteiger partial charge on any atom is 0.335 e. The van der Waals surface area contributed by atoms with Crippen LogP contribution >= 0.6 is 11.6 Å². The Hall–Kier alpha value is -11.1. The number of halogens is 2. The molecule has 5 aliphatic heterocycles. The molecule has 9 aromatic rings. The number of imidazole rings is 1. The van der Waals surface area contributed by atoms with Crippen LogP contribution in [0.25, 0.3) is 33.5 Å². The number of aliphatic hydroxyl groups is 16. The van der Waals surface area contributed by atoms with Crippen molar-refractivity contribution in [1.82, 2.24) is 73.9 Å². The van der Waals surface area contributed by atoms with Gasteiger partial charge in [-0.2, -0.15) is 0 Å². The van der Waals surface area contributed by atoms with Crippen molar-refractivity contribution in [3.63, 3.8) is 0 Å². The number of nitrogens with two attached hydrogens (primary N) is 4. The Balaban J connectivity index is 0.000000163. The number of carbonyl (C=O) groups excluding carboxylic acids is 2. The van der Waals surface area contributed by atoms with Crippen molar-refractivity contribution >= 4 is 58.1 Å². The standard InChI is InChI=1S/C34H28ClFN2O5.2C7H11N5O4.2C7H10N4O5.C6H13NO4/c35-24-10-6-20(7-11-24)27-13-8-21(33(39)40)16-23(27)19-43-26-12-14-28(29(36)18-26)32-37-30-17-22(34(41)42)9-15-31(30)38(32)25-4-2-1-3-5-25;2*8-4(9)5-10-1-12(11-5)6-2(13)3(14)7(15)16-6;2*8-4(14)5-9-1-11(10-5)6-2(12)3(13)7(15)16-6;8-2-3-5(10)6(11)4(9)1-7-3/h6-18,25H,1-5,19H2,(H,39,40)(H,41,42);2*1-3,6-7,13-15H,(H3,8,9);2*1-3,6-7,12-13,15H,(H2,8,14);3-11H,1-2H2/t;4*2-,3+,6-,7+;3-,4+,5-,6-/m.10101/s1. The highest BCUT2D eigenvalue weighted by Crippen LogP contribution is 2.39. The Kier molecular flexibility index (Phi) is 29.5. The second kappa shape index (κ2) is 39.0. The number of primary amides is 2. The normalized spacial score (nSPS) is 27.8. The molecule has 48 nitrogen and oxygen atoms in total. The number of carboxylic acids is 2. The minimum Gasteiger partial charge on any atom is -0.489 e. The summed E-state index contributed by atoms with van der Waals surface area (Å²) in [5.41, 5.74) is 24.3. The molecule has 6 aliphatic rings. The van der Waals surface area contributed by atoms with E-state index in [1.807, 2.05) is 12.1 Å². The molecule has 4 aromatic carbocycles. The molecule has 2 amide bonds. The number of fused-ring (bicyclic) bond motifs is 1. The Morgan fingerprint density at radius 3 is 1.31 bits per heavy atom. The number of nitrogen functional groups attached to an aromatic ring is 2. The number of benzene rings is 4. The fourth-order valence-electron chi connectivity index (χ4n) is 12.5. The van der Waals surface area contributed by atoms with Gasteiger partial charge in [0, 0.05) is 23.7 Å². The van der Waals surface area contributed by atoms with Crippen molar-refractivity contribution in [3.05, 3.63) is 155 Å². The molecule has 5 aromatic heterocycles. The molecule has 29 N–H and O–H groups in total. The lowest BCUT2D eigenvalue weighted by Crippen LogP contribution is -2.60. The molecule has 1 aliphatic carbocycles. The fourth-order valence-corrected chi connectivity index (χ4v) is 12.6. The highest BCUT2D eigenvalue weighted by atomic mass is 35.5. The first-order chi connectivity index (χ1) is 56.0. The van der Waals surface area contributed by atoms with Gasteiger partial charge in [-0.25, -0.2) is 57.6 Å². The van der Waals surface area contributed by atoms with Crippen LogP contribution in [0.5, 0.6) is 5.75 Å². The minimum atomic E-state index is -1.51. The van der Waals surface area contributed by atoms with E-state index in [1.165, 1.54) is 30.9 Å². The van der Waals surface area contributed by atoms with E-state index in [0.29, 0.717) is 27.5 Å². The van der Waals surface area contributed by atoms with Crippen LogP contribution < -0.4 is 33.0 Å². The number of hydrogen-bond donors (Lipinski definition) is 25. The Morgan fingerprint density at radius 2 is 0.932 bits per heavy atom. The molecule has 0 bridgehead atoms. The molecule has 0 radical (unpaired) electrons. The highest BCUT2D eigenvalue weighted by Gasteiger charge is 2.47. The molecule has 0 spiro atoms. The first-order valence-corrected chi connectivity index (χ1v) is 35.7. The summed E-state index contributed by atoms with van der Waals surface area (Å²) in [6.45, 7) is -0.0369. The zero-order valence-corrected chi connectivity index (χ0v) is 61.9. The number of aromatic nitrogens is 14. The van der Waals surface area contributed by atoms with Gasteiger partial charge in [-0.3, -0.25) is 20.4 Å². The van der Waals surface area contributed by atoms with Gasteiger partial charge in [-0.05, 0) is 84.1 Å². The molecule has 20 atom stereocenters. The van der Waals surface area contributed by atoms with Crippen molar-refractivity contribution in [2.24, 2.45) is 22.9 Å². The van der Waals surface area contributed by atoms with Crippen molar-refractivity contribution in [1.29, 1.82) is 10.8 Å². The molecule has 15 rings (SSSR count). The largest absolute Gasteiger partial charge is 0.489 e. The second-order valence-corrected chi connectivity index (χ2v) is 27.2. The molecule has 636 valence electrons. The number of aromatic carboxylic acids is 2. The predicted octanol–water partition coefficient (Wildman–Crippen LogP) is -6.17. The summed E-state index contributed by atoms with van der Waals surface area (Å²) in [5.74, 6) is -4.74. The zero-order chi connectivity index (χ0) is 86.0. The highest BCUT2D eigenvalue weighted by molar-refractivity contribution is 6.30. The molecule has 50 heteroatoms. The van der Waals surface area contributed by atoms with Crippen LogP contribution in [-0.4, -0.2) is 307 Å². The summed E-state index contributed by atoms with van der Waals surface area (Å²) in [7, 11) is 0. The van der Waals surface area contributed by atoms with E-state index in [2.05, 4.69) is 50.2 Å². The number of carboxylic acid groups (broad SMARTS) is 2. The number of piperidine rings is 1. The summed E-state index contributed by atoms with van der Waals surface area (Å²) < 4.78 is 47.4. The average molecular weight is 1680 g/mol. The topological polar surface area (TPSA) is 783 Å². The van der Waals surface area contributed by atoms with Crippen molar-refractivity contribution in [2.45, 2.75) is 168 Å². The molecule has 1 saturated carbocycles. The van der Waals surface area contributed by atoms with Crippen molar-refractivity contribution < 1.29 is 139 Å². The van der Waals surface area contributed by atoms with E-state index in [-0.39, 0.29) is 77.6 Å². The Morgan fingerprint density at radius 1 is 0.517 bits per heavy atom. The number of nitrogens with one attached hydrogen (secondary N) is 3. The minimum absolute atomic E-state index is 0.0103. The van der Waals surface area contributed by atoms with Crippen LogP contribution in [0.3, 0.4) is 0 Å². The van der Waals surface area contributed by atoms with Crippen LogP contribution in [0.2, 0.25) is 5.02 Å². The van der Waals surface area contributed by atoms with Gasteiger partial charge in [0.05, 0.1) is 52.6 Å². The number of nitrogens with zero attached hydrogens (tertiary/aromatic N) is 14. The molecular formula is C68H83ClFN21O27. The molecule has 5 saturated heterocycles. The summed E-state index contributed by atoms with van der Waals surface area (Å²) in [6, 6.07) is 21.0. The van der Waals surface area contributed by atoms with Crippen LogP contribution in [0.1, 0.15) is 122 Å². The lowest BCUT2D eigenvalue weighted by molar-refractivity contribution is -0.144. The third-order valence-electron chi connectivity index (χ3n) is 18.8. The van der Waals surface area contributed by atoms with Gasteiger partial charge in [-0.15, -0.1) is 20.4 Å². The van der Waals surface area contributed by atoms with Crippen LogP contribution in [0.15, 0.2) is 104 Å². The average Bonchev–Trinajstić information content (AvgIpc) is 1.60. The van der Waals surface area contributed by atoms with Crippen LogP contribution in [0.4, 0.5) is 4.39 Å². The summed E-state index contributed by atoms with van der Waals surface area (Å²) >= 11 is 6.05. The van der Waals surface area contributed by atoms with E-state index in [9.17, 15) is 75.3 Å². The lowest BCUT2D eigenvalue weighted by Gasteiger charge is -2.34. The number of hydrogen-bond acceptors (Lipinski definition) is 37. The SMILES string of the molecule is N=C(N)c1ncn([C@@H]2O[C@H](O)[C@@H](O)[C@H]2O)n1.N=C(N)c1ncn([C@H]2O[C@@H](O)[C@H](O)[C@@H]2O)n1.NC(=O)c1ncn([C@@H]2O[C@H](O)[C@@H](O)[C@H]2O)n1.NC(=O)c1ncn([C@H]2O[C@@H](O)[C@H](O)[C@@H]2O)n1.O=C(O)c1ccc(-c2ccc(Cl)cc2)c(COc2ccc(-c3nc4cc(C(=O)O)ccc4n3C3CCCCC3)c(F)c2)c1.OC[C@H]1NC[C@H](O)[C@@H](O)[C@@H]1O. The number of carbonyl (C=O) groups is 4. The maximum absolute atomic E-state index is 15.8. The summed E-state index contributed by atoms with van der Waals surface area (Å²) in [6.07, 6.45) is -14.8. The zero-order valence-electron chi connectivity index (χ0n) is 61.1. The monoisotopic (exact) mass is 1680 g/mol. The quantitative estimate of drug-likeness (QED) is 0.0298. The van der Waals surface area contributed by atoms with Gasteiger partial charge in [0.15, 0.2) is 61.7 Å². The third kappa shape index (κ3) is 20.7. The van der Waals surface area contributed by atoms with E-state index in [4.69, 9.17) is 110 Å². The summed E-state index contributed by atoms with van der Waals surface area (Å²) in [4.78, 5) is 63.9. The van der Waals surface area contributed by atoms with E-state index < -0.39 is 153 Å². The number of β-amino-alcohol motifs (C(OH)–C–C–N with tert-alkyl or cyclic N) is 1. The third-order valence-corrected chi connectivity index (χ3v) is 19.0. The fraction of sp³-hybridized carbons (Fsp3) is 0.426. The molecule has 118 heavy (non-hydrogen) atoms. The van der Waals surface area contributed by atoms with E-state index in [0.717, 1.165) is 80.1 Å². The number of aliphatic hydroxyl groups excluding tert-OH is 16. The van der Waals surface area contributed by atoms with Crippen LogP contribution in [-0.2, 0) is 25.6 Å². The molecule has 6 fully saturated rings. The second-order valence-electron chi connectivity index (χ2n) is 26.8. The lowest BCUT2D eigenvalue weighted by atomic mass is 9.94. The van der Waals surface area contributed by atoms with Gasteiger partial charge in [0.2, 0.25) is 23.3 Å². The maximum atomic E-state index is 15.8. The van der Waals surface area contributed by atoms with Crippen molar-refractivity contribution in [2.75, 3.05) is 13.2 Å². The number of ether oxygens (including phenoxy) is 5. The van der Waals surface area contributed by atoms with Crippen molar-refractivity contribution in [3.8, 4) is 28.3 Å². The van der Waals surface area contributed by atoms with Gasteiger partial charge < -0.3 is 148 Å². The van der Waals surface area contributed by atoms with Crippen LogP contribution in [0, 0.1) is 16.6 Å². The van der Waals surface area contributed by atoms with E-state index >= 15 is 4.39 Å². The Labute approximate surface area is 666 Å². The Bertz CT molecular complexity index is 4670. The van der Waals surface area contributed by atoms with Gasteiger partial charge in [0.1, 0.15) is 104 Å². The molecule has 0 unspecified atom stereocenters. The molecule has 10 heterocycles. The predicted molar refractivity (Wildman–Crippen MR) is 391 cm³/mol. The van der Waals surface area contributed by atoms with E-state index in [1.54, 1.807) is 48.5 Å². The smallest absolute Gasteiger partial charge is 0.335 e. The molecular weight excluding hydrogens is 1600 g/mol. The van der Waals surface area contributed by atoms with Gasteiger partial charge in [-0.1, -0.05) is 49.1 Å². The number of amidine groups is 2. The first-order valence-electron chi connectivity index (χ1n) is 35.4.